The summed E-state index contributed by atoms with van der Waals surface area (Å²) in [7, 11) is 1.64. The SMILES string of the molecule is COC(CNC(=O)C(N)C1CCOCC1)c1ccccc1.Cl. The summed E-state index contributed by atoms with van der Waals surface area (Å²) in [5, 5.41) is 2.90. The lowest BCUT2D eigenvalue weighted by atomic mass is 9.92. The first kappa shape index (κ1) is 18.9. The quantitative estimate of drug-likeness (QED) is 0.833. The minimum absolute atomic E-state index is 0. The van der Waals surface area contributed by atoms with Gasteiger partial charge in [-0.05, 0) is 24.3 Å². The number of carbonyl (C=O) groups excluding carboxylic acids is 1. The molecule has 2 atom stereocenters. The fourth-order valence-electron chi connectivity index (χ4n) is 2.61. The Morgan fingerprint density at radius 3 is 2.59 bits per heavy atom. The molecule has 2 rings (SSSR count). The van der Waals surface area contributed by atoms with E-state index < -0.39 is 6.04 Å². The van der Waals surface area contributed by atoms with Gasteiger partial charge in [0.2, 0.25) is 5.91 Å². The average Bonchev–Trinajstić information content (AvgIpc) is 2.56. The van der Waals surface area contributed by atoms with Crippen molar-refractivity contribution in [2.45, 2.75) is 25.0 Å². The molecule has 3 N–H and O–H groups in total. The number of amides is 1. The second-order valence-corrected chi connectivity index (χ2v) is 5.36. The molecule has 0 saturated carbocycles. The lowest BCUT2D eigenvalue weighted by Crippen LogP contribution is -2.48. The first-order valence-electron chi connectivity index (χ1n) is 7.41. The zero-order chi connectivity index (χ0) is 15.1. The fourth-order valence-corrected chi connectivity index (χ4v) is 2.61. The molecule has 1 heterocycles. The summed E-state index contributed by atoms with van der Waals surface area (Å²) < 4.78 is 10.7. The Balaban J connectivity index is 0.00000242. The number of nitrogens with two attached hydrogens (primary N) is 1. The van der Waals surface area contributed by atoms with Gasteiger partial charge in [0.25, 0.3) is 0 Å². The van der Waals surface area contributed by atoms with Crippen LogP contribution in [0.5, 0.6) is 0 Å². The summed E-state index contributed by atoms with van der Waals surface area (Å²) in [5.74, 6) is 0.0938. The molecule has 0 aromatic heterocycles. The number of methoxy groups -OCH3 is 1. The molecule has 0 spiro atoms. The number of ether oxygens (including phenoxy) is 2. The molecule has 5 nitrogen and oxygen atoms in total. The van der Waals surface area contributed by atoms with Gasteiger partial charge in [-0.25, -0.2) is 0 Å². The van der Waals surface area contributed by atoms with E-state index in [4.69, 9.17) is 15.2 Å². The van der Waals surface area contributed by atoms with Gasteiger partial charge in [-0.3, -0.25) is 4.79 Å². The van der Waals surface area contributed by atoms with E-state index in [0.717, 1.165) is 18.4 Å². The van der Waals surface area contributed by atoms with E-state index in [1.807, 2.05) is 30.3 Å². The molecule has 0 radical (unpaired) electrons. The third kappa shape index (κ3) is 5.25. The Hall–Kier alpha value is -1.14. The van der Waals surface area contributed by atoms with Crippen LogP contribution in [0.25, 0.3) is 0 Å². The highest BCUT2D eigenvalue weighted by atomic mass is 35.5. The minimum atomic E-state index is -0.470. The summed E-state index contributed by atoms with van der Waals surface area (Å²) in [6, 6.07) is 9.36. The van der Waals surface area contributed by atoms with Crippen molar-refractivity contribution < 1.29 is 14.3 Å². The largest absolute Gasteiger partial charge is 0.381 e. The lowest BCUT2D eigenvalue weighted by molar-refractivity contribution is -0.124. The van der Waals surface area contributed by atoms with E-state index in [9.17, 15) is 4.79 Å². The topological polar surface area (TPSA) is 73.6 Å². The lowest BCUT2D eigenvalue weighted by Gasteiger charge is -2.27. The molecule has 2 unspecified atom stereocenters. The number of benzene rings is 1. The summed E-state index contributed by atoms with van der Waals surface area (Å²) >= 11 is 0. The van der Waals surface area contributed by atoms with Gasteiger partial charge >= 0.3 is 0 Å². The number of hydrogen-bond donors (Lipinski definition) is 2. The van der Waals surface area contributed by atoms with Crippen LogP contribution in [0.2, 0.25) is 0 Å². The highest BCUT2D eigenvalue weighted by Gasteiger charge is 2.26. The Labute approximate surface area is 138 Å². The first-order chi connectivity index (χ1) is 10.2. The fraction of sp³-hybridized carbons (Fsp3) is 0.562. The molecule has 0 aliphatic carbocycles. The molecule has 1 fully saturated rings. The van der Waals surface area contributed by atoms with Crippen molar-refractivity contribution in [1.82, 2.24) is 5.32 Å². The Bertz CT molecular complexity index is 438. The van der Waals surface area contributed by atoms with E-state index in [2.05, 4.69) is 5.32 Å². The van der Waals surface area contributed by atoms with Crippen LogP contribution in [0, 0.1) is 5.92 Å². The molecule has 0 bridgehead atoms. The maximum Gasteiger partial charge on any atom is 0.237 e. The maximum atomic E-state index is 12.2. The molecule has 124 valence electrons. The van der Waals surface area contributed by atoms with Crippen molar-refractivity contribution in [2.24, 2.45) is 11.7 Å². The minimum Gasteiger partial charge on any atom is -0.381 e. The van der Waals surface area contributed by atoms with Gasteiger partial charge in [-0.2, -0.15) is 0 Å². The van der Waals surface area contributed by atoms with Crippen molar-refractivity contribution >= 4 is 18.3 Å². The van der Waals surface area contributed by atoms with Crippen LogP contribution >= 0.6 is 12.4 Å². The first-order valence-corrected chi connectivity index (χ1v) is 7.41. The van der Waals surface area contributed by atoms with Crippen LogP contribution in [-0.4, -0.2) is 38.8 Å². The van der Waals surface area contributed by atoms with Gasteiger partial charge in [0.05, 0.1) is 12.1 Å². The van der Waals surface area contributed by atoms with Crippen LogP contribution < -0.4 is 11.1 Å². The Morgan fingerprint density at radius 2 is 2.00 bits per heavy atom. The molecule has 1 aliphatic heterocycles. The predicted molar refractivity (Wildman–Crippen MR) is 88.0 cm³/mol. The molecule has 6 heteroatoms. The van der Waals surface area contributed by atoms with Crippen LogP contribution in [0.1, 0.15) is 24.5 Å². The second-order valence-electron chi connectivity index (χ2n) is 5.36. The number of carbonyl (C=O) groups is 1. The Kier molecular flexibility index (Phi) is 8.42. The van der Waals surface area contributed by atoms with Gasteiger partial charge in [-0.1, -0.05) is 30.3 Å². The van der Waals surface area contributed by atoms with Crippen LogP contribution in [0.3, 0.4) is 0 Å². The molecular formula is C16H25ClN2O3. The van der Waals surface area contributed by atoms with E-state index in [1.165, 1.54) is 0 Å². The normalized spacial score (nSPS) is 18.1. The van der Waals surface area contributed by atoms with E-state index >= 15 is 0 Å². The second kappa shape index (κ2) is 9.79. The smallest absolute Gasteiger partial charge is 0.237 e. The van der Waals surface area contributed by atoms with Gasteiger partial charge < -0.3 is 20.5 Å². The van der Waals surface area contributed by atoms with E-state index in [1.54, 1.807) is 7.11 Å². The molecule has 1 aliphatic rings. The third-order valence-electron chi connectivity index (χ3n) is 3.99. The van der Waals surface area contributed by atoms with Crippen molar-refractivity contribution in [2.75, 3.05) is 26.9 Å². The number of halogens is 1. The molecular weight excluding hydrogens is 304 g/mol. The van der Waals surface area contributed by atoms with Crippen LogP contribution in [0.4, 0.5) is 0 Å². The highest BCUT2D eigenvalue weighted by Crippen LogP contribution is 2.18. The van der Waals surface area contributed by atoms with Crippen LogP contribution in [-0.2, 0) is 14.3 Å². The van der Waals surface area contributed by atoms with Crippen molar-refractivity contribution in [1.29, 1.82) is 0 Å². The zero-order valence-electron chi connectivity index (χ0n) is 12.9. The van der Waals surface area contributed by atoms with E-state index in [0.29, 0.717) is 19.8 Å². The van der Waals surface area contributed by atoms with Crippen molar-refractivity contribution in [3.8, 4) is 0 Å². The van der Waals surface area contributed by atoms with Gasteiger partial charge in [0.1, 0.15) is 0 Å². The maximum absolute atomic E-state index is 12.2. The third-order valence-corrected chi connectivity index (χ3v) is 3.99. The van der Waals surface area contributed by atoms with Crippen molar-refractivity contribution in [3.63, 3.8) is 0 Å². The number of hydrogen-bond acceptors (Lipinski definition) is 4. The van der Waals surface area contributed by atoms with Gasteiger partial charge in [0, 0.05) is 26.9 Å². The summed E-state index contributed by atoms with van der Waals surface area (Å²) in [4.78, 5) is 12.2. The summed E-state index contributed by atoms with van der Waals surface area (Å²) in [6.07, 6.45) is 1.54. The standard InChI is InChI=1S/C16H24N2O3.ClH/c1-20-14(12-5-3-2-4-6-12)11-18-16(19)15(17)13-7-9-21-10-8-13;/h2-6,13-15H,7-11,17H2,1H3,(H,18,19);1H. The van der Waals surface area contributed by atoms with Gasteiger partial charge in [0.15, 0.2) is 0 Å². The molecule has 1 aromatic carbocycles. The number of rotatable bonds is 6. The van der Waals surface area contributed by atoms with Crippen LogP contribution in [0.15, 0.2) is 30.3 Å². The number of nitrogens with one attached hydrogen (secondary N) is 1. The zero-order valence-corrected chi connectivity index (χ0v) is 13.7. The molecule has 1 amide bonds. The van der Waals surface area contributed by atoms with Gasteiger partial charge in [-0.15, -0.1) is 12.4 Å². The van der Waals surface area contributed by atoms with E-state index in [-0.39, 0.29) is 30.3 Å². The Morgan fingerprint density at radius 1 is 1.36 bits per heavy atom. The van der Waals surface area contributed by atoms with Crippen molar-refractivity contribution in [3.05, 3.63) is 35.9 Å². The predicted octanol–water partition coefficient (Wildman–Crippen LogP) is 1.67. The summed E-state index contributed by atoms with van der Waals surface area (Å²) in [6.45, 7) is 1.81. The highest BCUT2D eigenvalue weighted by molar-refractivity contribution is 5.85. The molecule has 1 saturated heterocycles. The average molecular weight is 329 g/mol. The summed E-state index contributed by atoms with van der Waals surface area (Å²) in [5.41, 5.74) is 7.09. The monoisotopic (exact) mass is 328 g/mol. The molecule has 1 aromatic rings. The molecule has 22 heavy (non-hydrogen) atoms.